The molecule has 12 nitrogen and oxygen atoms in total. The lowest BCUT2D eigenvalue weighted by molar-refractivity contribution is -0.203. The highest BCUT2D eigenvalue weighted by Gasteiger charge is 2.54. The number of nitrogens with one attached hydrogen (secondary N) is 1. The van der Waals surface area contributed by atoms with Crippen LogP contribution < -0.4 is 11.1 Å². The van der Waals surface area contributed by atoms with Gasteiger partial charge in [-0.05, 0) is 12.0 Å². The lowest BCUT2D eigenvalue weighted by atomic mass is 10.0. The average Bonchev–Trinajstić information content (AvgIpc) is 3.16. The number of carboxylic acids is 1. The number of carbonyl (C=O) groups excluding carboxylic acids is 3. The van der Waals surface area contributed by atoms with Gasteiger partial charge >= 0.3 is 5.97 Å². The van der Waals surface area contributed by atoms with E-state index in [-0.39, 0.29) is 28.7 Å². The Labute approximate surface area is 190 Å². The third-order valence-electron chi connectivity index (χ3n) is 4.63. The Morgan fingerprint density at radius 2 is 2.22 bits per heavy atom. The number of rotatable bonds is 9. The molecule has 0 radical (unpaired) electrons. The molecule has 4 N–H and O–H groups in total. The maximum absolute atomic E-state index is 13.0. The topological polar surface area (TPSA) is 174 Å². The minimum Gasteiger partial charge on any atom is -0.477 e. The van der Waals surface area contributed by atoms with Crippen molar-refractivity contribution in [2.45, 2.75) is 44.4 Å². The monoisotopic (exact) mass is 483 g/mol. The standard InChI is InChI=1S/C18H21N5O7S2/c1-4-8-5-31-15-11(14(26)23(15)12(8)16(27)28)21-13(25)10(9-6-32-17(19)20-9)22-30-18(2,3)29-7-24/h6-7,11,15H,4-5H2,1-3H3,(H2,19,20)(H,21,25)(H,27,28)/b22-10-/t11-,15-/m1/s1. The molecule has 0 bridgehead atoms. The van der Waals surface area contributed by atoms with E-state index in [1.54, 1.807) is 0 Å². The van der Waals surface area contributed by atoms with Crippen molar-refractivity contribution in [3.63, 3.8) is 0 Å². The minimum absolute atomic E-state index is 0.0380. The molecule has 0 aromatic carbocycles. The van der Waals surface area contributed by atoms with Crippen LogP contribution in [0.2, 0.25) is 0 Å². The number of nitrogen functional groups attached to an aromatic ring is 1. The summed E-state index contributed by atoms with van der Waals surface area (Å²) in [7, 11) is 0. The normalized spacial score (nSPS) is 20.9. The fraction of sp³-hybridized carbons (Fsp3) is 0.444. The molecule has 0 unspecified atom stereocenters. The number of aromatic nitrogens is 1. The van der Waals surface area contributed by atoms with Crippen LogP contribution in [0, 0.1) is 0 Å². The van der Waals surface area contributed by atoms with E-state index in [0.717, 1.165) is 11.3 Å². The SMILES string of the molecule is CCC1=C(C(=O)O)N2C(=O)[C@@H](NC(=O)/C(=N\OC(C)(C)OC=O)c3csc(N)n3)[C@H]2SC1. The number of nitrogens with zero attached hydrogens (tertiary/aromatic N) is 3. The first-order valence-corrected chi connectivity index (χ1v) is 11.3. The van der Waals surface area contributed by atoms with E-state index in [0.29, 0.717) is 17.7 Å². The molecule has 32 heavy (non-hydrogen) atoms. The summed E-state index contributed by atoms with van der Waals surface area (Å²) in [5.74, 6) is -3.53. The second-order valence-corrected chi connectivity index (χ2v) is 9.18. The van der Waals surface area contributed by atoms with Crippen LogP contribution >= 0.6 is 23.1 Å². The second kappa shape index (κ2) is 9.16. The number of carboxylic acid groups (broad SMARTS) is 1. The largest absolute Gasteiger partial charge is 0.477 e. The van der Waals surface area contributed by atoms with Crippen molar-refractivity contribution in [2.24, 2.45) is 5.16 Å². The van der Waals surface area contributed by atoms with Gasteiger partial charge in [0.1, 0.15) is 22.8 Å². The van der Waals surface area contributed by atoms with Crippen LogP contribution in [0.5, 0.6) is 0 Å². The molecule has 1 aromatic heterocycles. The molecule has 14 heteroatoms. The summed E-state index contributed by atoms with van der Waals surface area (Å²) in [6, 6.07) is -0.958. The van der Waals surface area contributed by atoms with Crippen molar-refractivity contribution in [3.05, 3.63) is 22.3 Å². The first-order chi connectivity index (χ1) is 15.1. The van der Waals surface area contributed by atoms with E-state index in [2.05, 4.69) is 15.5 Å². The quantitative estimate of drug-likeness (QED) is 0.148. The first kappa shape index (κ1) is 23.5. The van der Waals surface area contributed by atoms with Crippen LogP contribution in [0.1, 0.15) is 32.9 Å². The summed E-state index contributed by atoms with van der Waals surface area (Å²) in [5, 5.41) is 17.0. The molecule has 0 saturated carbocycles. The molecular formula is C18H21N5O7S2. The Balaban J connectivity index is 1.82. The number of thioether (sulfide) groups is 1. The summed E-state index contributed by atoms with van der Waals surface area (Å²) >= 11 is 2.43. The molecule has 0 aliphatic carbocycles. The number of oxime groups is 1. The summed E-state index contributed by atoms with van der Waals surface area (Å²) in [6.07, 6.45) is 0.500. The smallest absolute Gasteiger partial charge is 0.352 e. The lowest BCUT2D eigenvalue weighted by Crippen LogP contribution is -2.71. The van der Waals surface area contributed by atoms with Gasteiger partial charge in [0.2, 0.25) is 0 Å². The number of amides is 2. The van der Waals surface area contributed by atoms with E-state index in [9.17, 15) is 24.3 Å². The van der Waals surface area contributed by atoms with E-state index in [1.807, 2.05) is 6.92 Å². The van der Waals surface area contributed by atoms with Gasteiger partial charge in [0.25, 0.3) is 24.1 Å². The molecule has 3 rings (SSSR count). The van der Waals surface area contributed by atoms with Crippen molar-refractivity contribution in [1.82, 2.24) is 15.2 Å². The molecule has 2 amide bonds. The van der Waals surface area contributed by atoms with Gasteiger partial charge in [0.05, 0.1) is 0 Å². The molecule has 2 aliphatic rings. The van der Waals surface area contributed by atoms with Gasteiger partial charge in [-0.2, -0.15) is 0 Å². The number of β-lactam (4-membered cyclic amide) rings is 1. The van der Waals surface area contributed by atoms with E-state index >= 15 is 0 Å². The van der Waals surface area contributed by atoms with Crippen LogP contribution in [0.3, 0.4) is 0 Å². The zero-order chi connectivity index (χ0) is 23.6. The van der Waals surface area contributed by atoms with Gasteiger partial charge in [0, 0.05) is 25.0 Å². The lowest BCUT2D eigenvalue weighted by Gasteiger charge is -2.49. The van der Waals surface area contributed by atoms with E-state index in [1.165, 1.54) is 35.9 Å². The highest BCUT2D eigenvalue weighted by atomic mass is 32.2. The zero-order valence-corrected chi connectivity index (χ0v) is 19.0. The van der Waals surface area contributed by atoms with Crippen molar-refractivity contribution in [2.75, 3.05) is 11.5 Å². The second-order valence-electron chi connectivity index (χ2n) is 7.19. The van der Waals surface area contributed by atoms with Crippen LogP contribution in [-0.2, 0) is 28.8 Å². The number of aliphatic carboxylic acids is 1. The first-order valence-electron chi connectivity index (χ1n) is 9.39. The predicted molar refractivity (Wildman–Crippen MR) is 115 cm³/mol. The summed E-state index contributed by atoms with van der Waals surface area (Å²) in [6.45, 7) is 4.82. The third kappa shape index (κ3) is 4.55. The van der Waals surface area contributed by atoms with Gasteiger partial charge in [-0.25, -0.2) is 9.78 Å². The molecule has 1 fully saturated rings. The summed E-state index contributed by atoms with van der Waals surface area (Å²) in [4.78, 5) is 58.3. The highest BCUT2D eigenvalue weighted by molar-refractivity contribution is 8.00. The van der Waals surface area contributed by atoms with Crippen molar-refractivity contribution in [3.8, 4) is 0 Å². The van der Waals surface area contributed by atoms with Crippen LogP contribution in [-0.4, -0.2) is 67.9 Å². The minimum atomic E-state index is -1.46. The summed E-state index contributed by atoms with van der Waals surface area (Å²) < 4.78 is 4.75. The maximum Gasteiger partial charge on any atom is 0.352 e. The van der Waals surface area contributed by atoms with Crippen molar-refractivity contribution < 1.29 is 33.9 Å². The summed E-state index contributed by atoms with van der Waals surface area (Å²) in [5.41, 5.74) is 6.09. The zero-order valence-electron chi connectivity index (χ0n) is 17.4. The van der Waals surface area contributed by atoms with E-state index in [4.69, 9.17) is 15.3 Å². The van der Waals surface area contributed by atoms with Gasteiger partial charge in [0.15, 0.2) is 10.8 Å². The molecule has 1 saturated heterocycles. The van der Waals surface area contributed by atoms with E-state index < -0.39 is 35.0 Å². The van der Waals surface area contributed by atoms with Gasteiger partial charge < -0.3 is 25.7 Å². The molecule has 2 aliphatic heterocycles. The molecule has 3 heterocycles. The Morgan fingerprint density at radius 3 is 2.78 bits per heavy atom. The Kier molecular flexibility index (Phi) is 6.74. The molecular weight excluding hydrogens is 462 g/mol. The molecule has 172 valence electrons. The van der Waals surface area contributed by atoms with Gasteiger partial charge in [-0.1, -0.05) is 12.1 Å². The van der Waals surface area contributed by atoms with Crippen molar-refractivity contribution in [1.29, 1.82) is 0 Å². The number of nitrogens with two attached hydrogens (primary N) is 1. The maximum atomic E-state index is 13.0. The number of hydrogen-bond acceptors (Lipinski definition) is 11. The molecule has 0 spiro atoms. The Bertz CT molecular complexity index is 1020. The highest BCUT2D eigenvalue weighted by Crippen LogP contribution is 2.41. The number of anilines is 1. The number of fused-ring (bicyclic) bond motifs is 1. The molecule has 1 aromatic rings. The van der Waals surface area contributed by atoms with Crippen LogP contribution in [0.25, 0.3) is 0 Å². The third-order valence-corrected chi connectivity index (χ3v) is 6.65. The number of ether oxygens (including phenoxy) is 1. The van der Waals surface area contributed by atoms with Crippen LogP contribution in [0.15, 0.2) is 21.8 Å². The fourth-order valence-electron chi connectivity index (χ4n) is 3.06. The van der Waals surface area contributed by atoms with Gasteiger partial charge in [-0.15, -0.1) is 23.1 Å². The van der Waals surface area contributed by atoms with Crippen molar-refractivity contribution >= 4 is 58.2 Å². The Morgan fingerprint density at radius 1 is 1.50 bits per heavy atom. The molecule has 2 atom stereocenters. The average molecular weight is 484 g/mol. The number of carbonyl (C=O) groups is 4. The van der Waals surface area contributed by atoms with Gasteiger partial charge in [-0.3, -0.25) is 19.3 Å². The predicted octanol–water partition coefficient (Wildman–Crippen LogP) is 0.504. The Hall–Kier alpha value is -3.13. The number of hydrogen-bond donors (Lipinski definition) is 3. The fourth-order valence-corrected chi connectivity index (χ4v) is 5.05. The van der Waals surface area contributed by atoms with Crippen LogP contribution in [0.4, 0.5) is 5.13 Å². The number of thiazole rings is 1.